The molecule has 0 aliphatic rings. The molecule has 0 spiro atoms. The van der Waals surface area contributed by atoms with E-state index in [0.29, 0.717) is 23.4 Å². The highest BCUT2D eigenvalue weighted by atomic mass is 19.1. The number of halogens is 1. The molecule has 0 radical (unpaired) electrons. The third-order valence-electron chi connectivity index (χ3n) is 3.67. The van der Waals surface area contributed by atoms with E-state index in [4.69, 9.17) is 5.73 Å². The zero-order chi connectivity index (χ0) is 16.9. The summed E-state index contributed by atoms with van der Waals surface area (Å²) < 4.78 is 15.4. The second kappa shape index (κ2) is 7.06. The number of amides is 1. The Hall–Kier alpha value is -2.99. The molecule has 0 fully saturated rings. The van der Waals surface area contributed by atoms with Gasteiger partial charge in [-0.1, -0.05) is 30.3 Å². The highest BCUT2D eigenvalue weighted by molar-refractivity contribution is 5.97. The molecule has 5 nitrogen and oxygen atoms in total. The fourth-order valence-electron chi connectivity index (χ4n) is 2.40. The molecule has 24 heavy (non-hydrogen) atoms. The smallest absolute Gasteiger partial charge is 0.253 e. The van der Waals surface area contributed by atoms with Crippen LogP contribution < -0.4 is 11.1 Å². The lowest BCUT2D eigenvalue weighted by atomic mass is 10.1. The van der Waals surface area contributed by atoms with Crippen LogP contribution in [0.1, 0.15) is 21.6 Å². The van der Waals surface area contributed by atoms with Gasteiger partial charge in [0.15, 0.2) is 0 Å². The van der Waals surface area contributed by atoms with Crippen molar-refractivity contribution in [2.75, 3.05) is 0 Å². The number of benzene rings is 2. The Balaban J connectivity index is 1.81. The third-order valence-corrected chi connectivity index (χ3v) is 3.67. The molecule has 3 rings (SSSR count). The fourth-order valence-corrected chi connectivity index (χ4v) is 2.40. The number of carbonyl (C=O) groups is 1. The van der Waals surface area contributed by atoms with Crippen molar-refractivity contribution in [3.63, 3.8) is 0 Å². The van der Waals surface area contributed by atoms with Gasteiger partial charge in [0.1, 0.15) is 5.82 Å². The normalized spacial score (nSPS) is 10.6. The van der Waals surface area contributed by atoms with Crippen LogP contribution in [0.25, 0.3) is 5.69 Å². The van der Waals surface area contributed by atoms with Crippen molar-refractivity contribution in [2.24, 2.45) is 5.73 Å². The van der Waals surface area contributed by atoms with Crippen molar-refractivity contribution in [1.82, 2.24) is 14.9 Å². The Morgan fingerprint density at radius 2 is 1.92 bits per heavy atom. The second-order valence-electron chi connectivity index (χ2n) is 5.27. The van der Waals surface area contributed by atoms with Gasteiger partial charge in [0.05, 0.1) is 23.3 Å². The minimum atomic E-state index is -0.340. The lowest BCUT2D eigenvalue weighted by molar-refractivity contribution is 0.0950. The van der Waals surface area contributed by atoms with Crippen molar-refractivity contribution >= 4 is 5.91 Å². The Kier molecular flexibility index (Phi) is 4.67. The SMILES string of the molecule is NCc1cn(-c2ccccc2C(=O)NCc2ccccc2F)cn1. The maximum atomic E-state index is 13.7. The fraction of sp³-hybridized carbons (Fsp3) is 0.111. The number of imidazole rings is 1. The minimum Gasteiger partial charge on any atom is -0.348 e. The van der Waals surface area contributed by atoms with Gasteiger partial charge in [-0.05, 0) is 18.2 Å². The van der Waals surface area contributed by atoms with E-state index in [1.54, 1.807) is 47.4 Å². The molecule has 3 aromatic rings. The Morgan fingerprint density at radius 3 is 2.67 bits per heavy atom. The summed E-state index contributed by atoms with van der Waals surface area (Å²) in [5, 5.41) is 2.75. The molecule has 6 heteroatoms. The van der Waals surface area contributed by atoms with E-state index in [1.165, 1.54) is 6.07 Å². The number of carbonyl (C=O) groups excluding carboxylic acids is 1. The van der Waals surface area contributed by atoms with Crippen molar-refractivity contribution in [3.05, 3.63) is 83.7 Å². The van der Waals surface area contributed by atoms with Crippen molar-refractivity contribution in [2.45, 2.75) is 13.1 Å². The van der Waals surface area contributed by atoms with Crippen LogP contribution in [-0.2, 0) is 13.1 Å². The first kappa shape index (κ1) is 15.9. The predicted molar refractivity (Wildman–Crippen MR) is 89.0 cm³/mol. The maximum absolute atomic E-state index is 13.7. The van der Waals surface area contributed by atoms with Gasteiger partial charge in [-0.2, -0.15) is 0 Å². The summed E-state index contributed by atoms with van der Waals surface area (Å²) in [5.41, 5.74) is 7.92. The quantitative estimate of drug-likeness (QED) is 0.757. The number of nitrogens with two attached hydrogens (primary N) is 1. The number of nitrogens with one attached hydrogen (secondary N) is 1. The van der Waals surface area contributed by atoms with E-state index in [1.807, 2.05) is 12.1 Å². The summed E-state index contributed by atoms with van der Waals surface area (Å²) in [5.74, 6) is -0.620. The van der Waals surface area contributed by atoms with Gasteiger partial charge in [-0.3, -0.25) is 4.79 Å². The summed E-state index contributed by atoms with van der Waals surface area (Å²) in [6, 6.07) is 13.5. The molecule has 0 aliphatic carbocycles. The monoisotopic (exact) mass is 324 g/mol. The molecule has 0 bridgehead atoms. The summed E-state index contributed by atoms with van der Waals surface area (Å²) in [6.45, 7) is 0.451. The number of hydrogen-bond donors (Lipinski definition) is 2. The average molecular weight is 324 g/mol. The van der Waals surface area contributed by atoms with Crippen molar-refractivity contribution in [3.8, 4) is 5.69 Å². The standard InChI is InChI=1S/C18H17FN4O/c19-16-7-3-1-5-13(16)10-21-18(24)15-6-2-4-8-17(15)23-11-14(9-20)22-12-23/h1-8,11-12H,9-10,20H2,(H,21,24). The van der Waals surface area contributed by atoms with Crippen LogP contribution >= 0.6 is 0 Å². The topological polar surface area (TPSA) is 72.9 Å². The van der Waals surface area contributed by atoms with Crippen LogP contribution in [-0.4, -0.2) is 15.5 Å². The number of rotatable bonds is 5. The van der Waals surface area contributed by atoms with E-state index in [-0.39, 0.29) is 18.3 Å². The molecule has 1 aromatic heterocycles. The molecule has 0 saturated heterocycles. The van der Waals surface area contributed by atoms with Crippen LogP contribution in [0.3, 0.4) is 0 Å². The summed E-state index contributed by atoms with van der Waals surface area (Å²) in [4.78, 5) is 16.7. The van der Waals surface area contributed by atoms with Crippen LogP contribution in [0.5, 0.6) is 0 Å². The molecule has 1 amide bonds. The third kappa shape index (κ3) is 3.33. The molecule has 3 N–H and O–H groups in total. The van der Waals surface area contributed by atoms with E-state index in [0.717, 1.165) is 5.69 Å². The molecule has 0 saturated carbocycles. The van der Waals surface area contributed by atoms with Crippen LogP contribution in [0.2, 0.25) is 0 Å². The minimum absolute atomic E-state index is 0.123. The lowest BCUT2D eigenvalue weighted by Gasteiger charge is -2.11. The van der Waals surface area contributed by atoms with Crippen molar-refractivity contribution < 1.29 is 9.18 Å². The van der Waals surface area contributed by atoms with E-state index >= 15 is 0 Å². The van der Waals surface area contributed by atoms with E-state index in [2.05, 4.69) is 10.3 Å². The van der Waals surface area contributed by atoms with Crippen LogP contribution in [0.15, 0.2) is 61.1 Å². The lowest BCUT2D eigenvalue weighted by Crippen LogP contribution is -2.24. The first-order valence-electron chi connectivity index (χ1n) is 7.53. The van der Waals surface area contributed by atoms with Crippen LogP contribution in [0.4, 0.5) is 4.39 Å². The average Bonchev–Trinajstić information content (AvgIpc) is 3.10. The second-order valence-corrected chi connectivity index (χ2v) is 5.27. The molecule has 0 unspecified atom stereocenters. The van der Waals surface area contributed by atoms with E-state index < -0.39 is 0 Å². The summed E-state index contributed by atoms with van der Waals surface area (Å²) in [7, 11) is 0. The Bertz CT molecular complexity index is 859. The molecule has 0 aliphatic heterocycles. The van der Waals surface area contributed by atoms with Gasteiger partial charge in [-0.25, -0.2) is 9.37 Å². The number of aromatic nitrogens is 2. The largest absolute Gasteiger partial charge is 0.348 e. The zero-order valence-electron chi connectivity index (χ0n) is 12.9. The number of para-hydroxylation sites is 1. The highest BCUT2D eigenvalue weighted by Crippen LogP contribution is 2.15. The van der Waals surface area contributed by atoms with Gasteiger partial charge in [-0.15, -0.1) is 0 Å². The molecule has 1 heterocycles. The van der Waals surface area contributed by atoms with Gasteiger partial charge < -0.3 is 15.6 Å². The van der Waals surface area contributed by atoms with Crippen LogP contribution in [0, 0.1) is 5.82 Å². The number of hydrogen-bond acceptors (Lipinski definition) is 3. The molecular formula is C18H17FN4O. The molecular weight excluding hydrogens is 307 g/mol. The molecule has 0 atom stereocenters. The summed E-state index contributed by atoms with van der Waals surface area (Å²) in [6.07, 6.45) is 3.40. The zero-order valence-corrected chi connectivity index (χ0v) is 12.9. The molecule has 122 valence electrons. The van der Waals surface area contributed by atoms with Crippen molar-refractivity contribution in [1.29, 1.82) is 0 Å². The maximum Gasteiger partial charge on any atom is 0.253 e. The van der Waals surface area contributed by atoms with E-state index in [9.17, 15) is 9.18 Å². The van der Waals surface area contributed by atoms with Gasteiger partial charge in [0, 0.05) is 24.8 Å². The predicted octanol–water partition coefficient (Wildman–Crippen LogP) is 2.40. The Labute approximate surface area is 138 Å². The highest BCUT2D eigenvalue weighted by Gasteiger charge is 2.13. The van der Waals surface area contributed by atoms with Gasteiger partial charge in [0.2, 0.25) is 0 Å². The summed E-state index contributed by atoms with van der Waals surface area (Å²) >= 11 is 0. The Morgan fingerprint density at radius 1 is 1.17 bits per heavy atom. The number of nitrogens with zero attached hydrogens (tertiary/aromatic N) is 2. The molecule has 2 aromatic carbocycles. The van der Waals surface area contributed by atoms with Gasteiger partial charge >= 0.3 is 0 Å². The first-order chi connectivity index (χ1) is 11.7. The van der Waals surface area contributed by atoms with Gasteiger partial charge in [0.25, 0.3) is 5.91 Å². The first-order valence-corrected chi connectivity index (χ1v) is 7.53.